The summed E-state index contributed by atoms with van der Waals surface area (Å²) in [6, 6.07) is 48.5. The van der Waals surface area contributed by atoms with E-state index in [0.717, 1.165) is 13.1 Å². The molecule has 0 spiro atoms. The standard InChI is InChI=1S/C24H30ClN2.C22H24B/c1-6-27(16-15-25)20-13-11-19(18(2)17-20)12-14-23-24(3,4)21-9-7-8-10-22(21)26(23)5;1-2-3-19-23(20-13-7-4-8-14-20,21-15-9-5-10-16-21)22-17-11-6-12-18-22/h7-14,17H,6,15-16H2,1-5H3;4-18H,2-3,19H2,1H3/q+1;-1. The second-order valence-corrected chi connectivity index (χ2v) is 14.5. The molecule has 0 unspecified atom stereocenters. The van der Waals surface area contributed by atoms with Crippen LogP contribution in [0.2, 0.25) is 6.32 Å². The van der Waals surface area contributed by atoms with Crippen LogP contribution in [0.25, 0.3) is 6.08 Å². The fourth-order valence-electron chi connectivity index (χ4n) is 8.02. The van der Waals surface area contributed by atoms with Gasteiger partial charge in [-0.1, -0.05) is 135 Å². The van der Waals surface area contributed by atoms with Gasteiger partial charge in [-0.3, -0.25) is 0 Å². The lowest BCUT2D eigenvalue weighted by molar-refractivity contribution is -0.401. The van der Waals surface area contributed by atoms with Crippen LogP contribution in [0.4, 0.5) is 11.4 Å². The number of hydrogen-bond donors (Lipinski definition) is 0. The zero-order chi connectivity index (χ0) is 35.6. The second kappa shape index (κ2) is 17.1. The van der Waals surface area contributed by atoms with Gasteiger partial charge in [0.15, 0.2) is 5.71 Å². The Kier molecular flexibility index (Phi) is 12.6. The maximum Gasteiger partial charge on any atom is 0.209 e. The topological polar surface area (TPSA) is 6.25 Å². The minimum absolute atomic E-state index is 0.00897. The molecule has 0 amide bonds. The molecule has 0 fully saturated rings. The van der Waals surface area contributed by atoms with Gasteiger partial charge >= 0.3 is 0 Å². The first kappa shape index (κ1) is 36.9. The molecule has 2 nitrogen and oxygen atoms in total. The van der Waals surface area contributed by atoms with Crippen molar-refractivity contribution in [1.29, 1.82) is 0 Å². The van der Waals surface area contributed by atoms with Gasteiger partial charge < -0.3 is 4.90 Å². The summed E-state index contributed by atoms with van der Waals surface area (Å²) in [5.41, 5.74) is 12.1. The zero-order valence-electron chi connectivity index (χ0n) is 30.9. The lowest BCUT2D eigenvalue weighted by atomic mass is 9.14. The number of hydrogen-bond acceptors (Lipinski definition) is 1. The van der Waals surface area contributed by atoms with Crippen LogP contribution in [-0.2, 0) is 5.41 Å². The van der Waals surface area contributed by atoms with Crippen LogP contribution >= 0.6 is 11.6 Å². The molecular formula is C46H54BClN2. The third-order valence-corrected chi connectivity index (χ3v) is 11.0. The van der Waals surface area contributed by atoms with E-state index in [9.17, 15) is 0 Å². The molecule has 50 heavy (non-hydrogen) atoms. The van der Waals surface area contributed by atoms with Crippen molar-refractivity contribution < 1.29 is 4.58 Å². The lowest BCUT2D eigenvalue weighted by Gasteiger charge is -2.43. The molecular weight excluding hydrogens is 627 g/mol. The van der Waals surface area contributed by atoms with Crippen molar-refractivity contribution >= 4 is 57.3 Å². The Morgan fingerprint density at radius 3 is 1.74 bits per heavy atom. The van der Waals surface area contributed by atoms with Crippen molar-refractivity contribution in [3.8, 4) is 0 Å². The fourth-order valence-corrected chi connectivity index (χ4v) is 8.22. The molecule has 5 aromatic rings. The summed E-state index contributed by atoms with van der Waals surface area (Å²) in [6.07, 6.45) is 7.25. The van der Waals surface area contributed by atoms with Gasteiger partial charge in [0.05, 0.1) is 11.6 Å². The summed E-state index contributed by atoms with van der Waals surface area (Å²) < 4.78 is 2.31. The third kappa shape index (κ3) is 7.84. The Balaban J connectivity index is 0.000000197. The van der Waals surface area contributed by atoms with E-state index in [-0.39, 0.29) is 5.41 Å². The highest BCUT2D eigenvalue weighted by atomic mass is 35.5. The minimum Gasteiger partial charge on any atom is -0.371 e. The van der Waals surface area contributed by atoms with Gasteiger partial charge in [0, 0.05) is 42.4 Å². The molecule has 4 heteroatoms. The Labute approximate surface area is 307 Å². The van der Waals surface area contributed by atoms with Crippen molar-refractivity contribution in [2.24, 2.45) is 0 Å². The van der Waals surface area contributed by atoms with Crippen LogP contribution in [0, 0.1) is 6.92 Å². The molecule has 0 bridgehead atoms. The minimum atomic E-state index is -0.913. The van der Waals surface area contributed by atoms with Gasteiger partial charge in [-0.15, -0.1) is 11.6 Å². The first-order valence-electron chi connectivity index (χ1n) is 18.4. The molecule has 5 aromatic carbocycles. The summed E-state index contributed by atoms with van der Waals surface area (Å²) in [7, 11) is 2.16. The largest absolute Gasteiger partial charge is 0.371 e. The first-order chi connectivity index (χ1) is 24.3. The molecule has 0 aromatic heterocycles. The molecule has 0 saturated heterocycles. The van der Waals surface area contributed by atoms with Crippen LogP contribution in [-0.4, -0.2) is 42.5 Å². The van der Waals surface area contributed by atoms with E-state index in [1.54, 1.807) is 0 Å². The second-order valence-electron chi connectivity index (χ2n) is 14.1. The van der Waals surface area contributed by atoms with Crippen molar-refractivity contribution in [3.63, 3.8) is 0 Å². The number of benzene rings is 5. The molecule has 6 rings (SSSR count). The van der Waals surface area contributed by atoms with E-state index in [1.165, 1.54) is 69.3 Å². The number of alkyl halides is 1. The van der Waals surface area contributed by atoms with E-state index in [1.807, 2.05) is 0 Å². The molecule has 1 aliphatic heterocycles. The maximum absolute atomic E-state index is 5.94. The first-order valence-corrected chi connectivity index (χ1v) is 18.9. The van der Waals surface area contributed by atoms with Crippen LogP contribution in [0.15, 0.2) is 140 Å². The highest BCUT2D eigenvalue weighted by Crippen LogP contribution is 2.39. The highest BCUT2D eigenvalue weighted by molar-refractivity contribution is 7.11. The number of halogens is 1. The van der Waals surface area contributed by atoms with Crippen LogP contribution < -0.4 is 21.3 Å². The molecule has 1 heterocycles. The van der Waals surface area contributed by atoms with E-state index >= 15 is 0 Å². The number of aryl methyl sites for hydroxylation is 1. The van der Waals surface area contributed by atoms with Gasteiger partial charge in [0.25, 0.3) is 0 Å². The molecule has 0 atom stereocenters. The van der Waals surface area contributed by atoms with Crippen molar-refractivity contribution in [3.05, 3.63) is 156 Å². The molecule has 258 valence electrons. The van der Waals surface area contributed by atoms with Gasteiger partial charge in [-0.25, -0.2) is 0 Å². The quantitative estimate of drug-likeness (QED) is 0.0723. The smallest absolute Gasteiger partial charge is 0.209 e. The Morgan fingerprint density at radius 1 is 0.720 bits per heavy atom. The van der Waals surface area contributed by atoms with Gasteiger partial charge in [-0.2, -0.15) is 27.3 Å². The monoisotopic (exact) mass is 680 g/mol. The number of unbranched alkanes of at least 4 members (excludes halogenated alkanes) is 1. The van der Waals surface area contributed by atoms with Gasteiger partial charge in [-0.05, 0) is 57.0 Å². The Bertz CT molecular complexity index is 1780. The SMILES string of the molecule is CCCC[B-](c1ccccc1)(c1ccccc1)c1ccccc1.CCN(CCCl)c1ccc(/C=C/C2=[N+](C)c3ccccc3C2(C)C)c(C)c1. The van der Waals surface area contributed by atoms with E-state index in [4.69, 9.17) is 11.6 Å². The molecule has 0 aliphatic carbocycles. The summed E-state index contributed by atoms with van der Waals surface area (Å²) in [4.78, 5) is 2.31. The van der Waals surface area contributed by atoms with E-state index in [2.05, 4.69) is 197 Å². The van der Waals surface area contributed by atoms with Gasteiger partial charge in [0.2, 0.25) is 5.69 Å². The normalized spacial score (nSPS) is 13.6. The van der Waals surface area contributed by atoms with Crippen LogP contribution in [0.5, 0.6) is 0 Å². The van der Waals surface area contributed by atoms with Crippen molar-refractivity contribution in [2.45, 2.75) is 59.2 Å². The van der Waals surface area contributed by atoms with Crippen LogP contribution in [0.3, 0.4) is 0 Å². The third-order valence-electron chi connectivity index (χ3n) is 10.8. The van der Waals surface area contributed by atoms with E-state index in [0.29, 0.717) is 5.88 Å². The van der Waals surface area contributed by atoms with Crippen LogP contribution in [0.1, 0.15) is 57.2 Å². The Hall–Kier alpha value is -4.34. The number of allylic oxidation sites excluding steroid dienone is 1. The maximum atomic E-state index is 5.94. The molecule has 1 aliphatic rings. The Morgan fingerprint density at radius 2 is 1.26 bits per heavy atom. The summed E-state index contributed by atoms with van der Waals surface area (Å²) in [6.45, 7) is 13.1. The number of nitrogens with zero attached hydrogens (tertiary/aromatic N) is 2. The number of fused-ring (bicyclic) bond motifs is 1. The summed E-state index contributed by atoms with van der Waals surface area (Å²) in [5.74, 6) is 0.648. The molecule has 0 saturated carbocycles. The summed E-state index contributed by atoms with van der Waals surface area (Å²) >= 11 is 5.94. The number of rotatable bonds is 12. The molecule has 0 N–H and O–H groups in total. The highest BCUT2D eigenvalue weighted by Gasteiger charge is 2.42. The average Bonchev–Trinajstić information content (AvgIpc) is 3.35. The zero-order valence-corrected chi connectivity index (χ0v) is 31.7. The van der Waals surface area contributed by atoms with E-state index < -0.39 is 6.15 Å². The lowest BCUT2D eigenvalue weighted by Crippen LogP contribution is -2.66. The van der Waals surface area contributed by atoms with Gasteiger partial charge in [0.1, 0.15) is 7.05 Å². The average molecular weight is 681 g/mol. The number of anilines is 1. The number of para-hydroxylation sites is 1. The summed E-state index contributed by atoms with van der Waals surface area (Å²) in [5, 5.41) is 0. The fraction of sp³-hybridized carbons (Fsp3) is 0.283. The van der Waals surface area contributed by atoms with Crippen molar-refractivity contribution in [1.82, 2.24) is 0 Å². The predicted octanol–water partition coefficient (Wildman–Crippen LogP) is 9.74. The molecule has 0 radical (unpaired) electrons. The van der Waals surface area contributed by atoms with Crippen molar-refractivity contribution in [2.75, 3.05) is 30.9 Å². The predicted molar refractivity (Wildman–Crippen MR) is 223 cm³/mol.